The van der Waals surface area contributed by atoms with Gasteiger partial charge in [-0.3, -0.25) is 4.79 Å². The number of methoxy groups -OCH3 is 1. The number of phenols is 1. The molecule has 0 spiro atoms. The first kappa shape index (κ1) is 12.2. The van der Waals surface area contributed by atoms with Crippen LogP contribution in [0.5, 0.6) is 11.5 Å². The van der Waals surface area contributed by atoms with Gasteiger partial charge in [0.25, 0.3) is 0 Å². The van der Waals surface area contributed by atoms with E-state index in [2.05, 4.69) is 0 Å². The Morgan fingerprint density at radius 2 is 1.89 bits per heavy atom. The molecule has 1 fully saturated rings. The van der Waals surface area contributed by atoms with Crippen molar-refractivity contribution in [1.82, 2.24) is 0 Å². The smallest absolute Gasteiger partial charge is 0.339 e. The summed E-state index contributed by atoms with van der Waals surface area (Å²) in [6.07, 6.45) is 0.866. The zero-order valence-electron chi connectivity index (χ0n) is 9.64. The summed E-state index contributed by atoms with van der Waals surface area (Å²) in [6.45, 7) is 0. The fourth-order valence-corrected chi connectivity index (χ4v) is 2.01. The number of carboxylic acid groups (broad SMARTS) is 2. The SMILES string of the molecule is COc1cc(O)c(C(=O)O)cc1C1(C(=O)O)CC1. The third-order valence-electron chi connectivity index (χ3n) is 3.22. The number of aromatic hydroxyl groups is 1. The Labute approximate surface area is 102 Å². The summed E-state index contributed by atoms with van der Waals surface area (Å²) >= 11 is 0. The highest BCUT2D eigenvalue weighted by atomic mass is 16.5. The van der Waals surface area contributed by atoms with E-state index in [1.807, 2.05) is 0 Å². The third-order valence-corrected chi connectivity index (χ3v) is 3.22. The second-order valence-electron chi connectivity index (χ2n) is 4.26. The Morgan fingerprint density at radius 3 is 2.28 bits per heavy atom. The van der Waals surface area contributed by atoms with E-state index >= 15 is 0 Å². The maximum absolute atomic E-state index is 11.3. The molecule has 0 aromatic heterocycles. The largest absolute Gasteiger partial charge is 0.507 e. The molecule has 2 rings (SSSR count). The van der Waals surface area contributed by atoms with Crippen LogP contribution in [0.4, 0.5) is 0 Å². The zero-order valence-corrected chi connectivity index (χ0v) is 9.64. The van der Waals surface area contributed by atoms with Gasteiger partial charge in [0.1, 0.15) is 17.1 Å². The van der Waals surface area contributed by atoms with E-state index in [0.29, 0.717) is 18.4 Å². The van der Waals surface area contributed by atoms with E-state index < -0.39 is 23.1 Å². The van der Waals surface area contributed by atoms with Gasteiger partial charge in [0, 0.05) is 11.6 Å². The van der Waals surface area contributed by atoms with Crippen LogP contribution in [-0.2, 0) is 10.2 Å². The van der Waals surface area contributed by atoms with Gasteiger partial charge in [0.15, 0.2) is 0 Å². The lowest BCUT2D eigenvalue weighted by atomic mass is 9.93. The van der Waals surface area contributed by atoms with Crippen LogP contribution in [0, 0.1) is 0 Å². The van der Waals surface area contributed by atoms with Gasteiger partial charge in [-0.2, -0.15) is 0 Å². The van der Waals surface area contributed by atoms with Gasteiger partial charge in [-0.15, -0.1) is 0 Å². The second-order valence-corrected chi connectivity index (χ2v) is 4.26. The molecule has 0 aliphatic heterocycles. The van der Waals surface area contributed by atoms with Crippen LogP contribution in [-0.4, -0.2) is 34.4 Å². The van der Waals surface area contributed by atoms with Crippen LogP contribution < -0.4 is 4.74 Å². The molecule has 1 aliphatic carbocycles. The number of carboxylic acids is 2. The summed E-state index contributed by atoms with van der Waals surface area (Å²) in [5, 5.41) is 27.7. The molecular formula is C12H12O6. The van der Waals surface area contributed by atoms with Crippen molar-refractivity contribution >= 4 is 11.9 Å². The first-order chi connectivity index (χ1) is 8.42. The second kappa shape index (κ2) is 3.90. The van der Waals surface area contributed by atoms with Gasteiger partial charge in [0.2, 0.25) is 0 Å². The number of aromatic carboxylic acids is 1. The van der Waals surface area contributed by atoms with Crippen LogP contribution in [0.1, 0.15) is 28.8 Å². The van der Waals surface area contributed by atoms with Gasteiger partial charge < -0.3 is 20.1 Å². The molecule has 1 aromatic carbocycles. The van der Waals surface area contributed by atoms with Crippen LogP contribution in [0.3, 0.4) is 0 Å². The molecule has 6 nitrogen and oxygen atoms in total. The van der Waals surface area contributed by atoms with Gasteiger partial charge in [-0.25, -0.2) is 4.79 Å². The Hall–Kier alpha value is -2.24. The monoisotopic (exact) mass is 252 g/mol. The maximum atomic E-state index is 11.3. The molecule has 18 heavy (non-hydrogen) atoms. The number of aliphatic carboxylic acids is 1. The molecule has 0 bridgehead atoms. The molecule has 0 atom stereocenters. The van der Waals surface area contributed by atoms with Gasteiger partial charge in [-0.1, -0.05) is 0 Å². The van der Waals surface area contributed by atoms with Crippen molar-refractivity contribution in [2.75, 3.05) is 7.11 Å². The molecule has 0 amide bonds. The minimum absolute atomic E-state index is 0.192. The number of hydrogen-bond acceptors (Lipinski definition) is 4. The van der Waals surface area contributed by atoms with Crippen molar-refractivity contribution in [3.63, 3.8) is 0 Å². The Balaban J connectivity index is 2.62. The molecular weight excluding hydrogens is 240 g/mol. The fraction of sp³-hybridized carbons (Fsp3) is 0.333. The normalized spacial score (nSPS) is 16.1. The van der Waals surface area contributed by atoms with E-state index in [1.165, 1.54) is 13.2 Å². The lowest BCUT2D eigenvalue weighted by Gasteiger charge is -2.16. The molecule has 1 aromatic rings. The summed E-state index contributed by atoms with van der Waals surface area (Å²) in [7, 11) is 1.34. The van der Waals surface area contributed by atoms with E-state index in [0.717, 1.165) is 6.07 Å². The van der Waals surface area contributed by atoms with Gasteiger partial charge >= 0.3 is 11.9 Å². The summed E-state index contributed by atoms with van der Waals surface area (Å²) < 4.78 is 5.02. The van der Waals surface area contributed by atoms with Crippen LogP contribution in [0.25, 0.3) is 0 Å². The van der Waals surface area contributed by atoms with Crippen LogP contribution in [0.15, 0.2) is 12.1 Å². The lowest BCUT2D eigenvalue weighted by molar-refractivity contribution is -0.140. The third kappa shape index (κ3) is 1.66. The Bertz CT molecular complexity index is 530. The van der Waals surface area contributed by atoms with Crippen molar-refractivity contribution in [3.05, 3.63) is 23.3 Å². The van der Waals surface area contributed by atoms with Crippen molar-refractivity contribution in [2.24, 2.45) is 0 Å². The number of hydrogen-bond donors (Lipinski definition) is 3. The molecule has 1 aliphatic rings. The van der Waals surface area contributed by atoms with Crippen LogP contribution in [0.2, 0.25) is 0 Å². The number of rotatable bonds is 4. The molecule has 0 heterocycles. The summed E-state index contributed by atoms with van der Waals surface area (Å²) in [4.78, 5) is 22.2. The topological polar surface area (TPSA) is 104 Å². The molecule has 3 N–H and O–H groups in total. The highest BCUT2D eigenvalue weighted by molar-refractivity contribution is 5.93. The van der Waals surface area contributed by atoms with E-state index in [9.17, 15) is 19.8 Å². The minimum atomic E-state index is -1.31. The molecule has 0 unspecified atom stereocenters. The fourth-order valence-electron chi connectivity index (χ4n) is 2.01. The first-order valence-electron chi connectivity index (χ1n) is 5.30. The molecule has 0 radical (unpaired) electrons. The van der Waals surface area contributed by atoms with Crippen LogP contribution >= 0.6 is 0 Å². The number of ether oxygens (including phenoxy) is 1. The average molecular weight is 252 g/mol. The highest BCUT2D eigenvalue weighted by Crippen LogP contribution is 2.52. The Morgan fingerprint density at radius 1 is 1.28 bits per heavy atom. The van der Waals surface area contributed by atoms with Crippen molar-refractivity contribution in [2.45, 2.75) is 18.3 Å². The average Bonchev–Trinajstić information content (AvgIpc) is 3.09. The highest BCUT2D eigenvalue weighted by Gasteiger charge is 2.53. The predicted molar refractivity (Wildman–Crippen MR) is 60.2 cm³/mol. The maximum Gasteiger partial charge on any atom is 0.339 e. The zero-order chi connectivity index (χ0) is 13.5. The quantitative estimate of drug-likeness (QED) is 0.744. The molecule has 1 saturated carbocycles. The van der Waals surface area contributed by atoms with Gasteiger partial charge in [-0.05, 0) is 18.9 Å². The summed E-state index contributed by atoms with van der Waals surface area (Å²) in [5.74, 6) is -2.57. The molecule has 96 valence electrons. The van der Waals surface area contributed by atoms with Gasteiger partial charge in [0.05, 0.1) is 12.5 Å². The van der Waals surface area contributed by atoms with E-state index in [1.54, 1.807) is 0 Å². The predicted octanol–water partition coefficient (Wildman–Crippen LogP) is 1.22. The van der Waals surface area contributed by atoms with Crippen molar-refractivity contribution < 1.29 is 29.6 Å². The van der Waals surface area contributed by atoms with E-state index in [4.69, 9.17) is 9.84 Å². The van der Waals surface area contributed by atoms with Crippen molar-refractivity contribution in [3.8, 4) is 11.5 Å². The van der Waals surface area contributed by atoms with Crippen molar-refractivity contribution in [1.29, 1.82) is 0 Å². The standard InChI is InChI=1S/C12H12O6/c1-18-9-5-8(13)6(10(14)15)4-7(9)12(2-3-12)11(16)17/h4-5,13H,2-3H2,1H3,(H,14,15)(H,16,17). The number of benzene rings is 1. The minimum Gasteiger partial charge on any atom is -0.507 e. The first-order valence-corrected chi connectivity index (χ1v) is 5.30. The Kier molecular flexibility index (Phi) is 2.65. The number of carbonyl (C=O) groups is 2. The summed E-state index contributed by atoms with van der Waals surface area (Å²) in [6, 6.07) is 2.32. The lowest BCUT2D eigenvalue weighted by Crippen LogP contribution is -2.21. The van der Waals surface area contributed by atoms with E-state index in [-0.39, 0.29) is 11.3 Å². The summed E-state index contributed by atoms with van der Waals surface area (Å²) in [5.41, 5.74) is -1.10. The molecule has 0 saturated heterocycles. The molecule has 6 heteroatoms.